The average molecular weight is 348 g/mol. The molecule has 0 spiro atoms. The minimum absolute atomic E-state index is 0.0370. The van der Waals surface area contributed by atoms with E-state index >= 15 is 0 Å². The van der Waals surface area contributed by atoms with Gasteiger partial charge in [0.2, 0.25) is 0 Å². The monoisotopic (exact) mass is 348 g/mol. The van der Waals surface area contributed by atoms with Gasteiger partial charge >= 0.3 is 6.03 Å². The molecule has 0 radical (unpaired) electrons. The molecular weight excluding hydrogens is 320 g/mol. The molecule has 3 rings (SSSR count). The molecule has 1 unspecified atom stereocenters. The van der Waals surface area contributed by atoms with Gasteiger partial charge in [-0.05, 0) is 67.4 Å². The zero-order valence-electron chi connectivity index (χ0n) is 15.7. The Kier molecular flexibility index (Phi) is 6.11. The Bertz CT molecular complexity index is 777. The topological polar surface area (TPSA) is 41.1 Å². The Labute approximate surface area is 156 Å². The molecule has 1 atom stereocenters. The van der Waals surface area contributed by atoms with E-state index in [1.165, 1.54) is 41.5 Å². The normalized spacial score (nSPS) is 14.7. The second kappa shape index (κ2) is 8.70. The summed E-state index contributed by atoms with van der Waals surface area (Å²) in [4.78, 5) is 12.2. The van der Waals surface area contributed by atoms with E-state index < -0.39 is 0 Å². The van der Waals surface area contributed by atoms with Crippen molar-refractivity contribution in [2.24, 2.45) is 0 Å². The number of hydrogen-bond acceptors (Lipinski definition) is 1. The lowest BCUT2D eigenvalue weighted by atomic mass is 9.89. The summed E-state index contributed by atoms with van der Waals surface area (Å²) in [6.45, 7) is 4.16. The second-order valence-corrected chi connectivity index (χ2v) is 7.06. The number of carbonyl (C=O) groups excluding carboxylic acids is 1. The molecular formula is C23H28N2O. The van der Waals surface area contributed by atoms with Gasteiger partial charge in [-0.15, -0.1) is 0 Å². The first-order valence-corrected chi connectivity index (χ1v) is 9.57. The van der Waals surface area contributed by atoms with Gasteiger partial charge in [0.15, 0.2) is 0 Å². The summed E-state index contributed by atoms with van der Waals surface area (Å²) in [5, 5.41) is 5.90. The molecule has 136 valence electrons. The van der Waals surface area contributed by atoms with E-state index in [1.807, 2.05) is 18.2 Å². The highest BCUT2D eigenvalue weighted by molar-refractivity contribution is 5.76. The highest BCUT2D eigenvalue weighted by Crippen LogP contribution is 2.26. The lowest BCUT2D eigenvalue weighted by Gasteiger charge is -2.21. The third kappa shape index (κ3) is 4.75. The van der Waals surface area contributed by atoms with E-state index in [9.17, 15) is 4.79 Å². The smallest absolute Gasteiger partial charge is 0.319 e. The number of amides is 2. The van der Waals surface area contributed by atoms with Crippen LogP contribution in [0.5, 0.6) is 0 Å². The van der Waals surface area contributed by atoms with Crippen molar-refractivity contribution in [3.8, 4) is 0 Å². The summed E-state index contributed by atoms with van der Waals surface area (Å²) < 4.78 is 0. The van der Waals surface area contributed by atoms with Crippen molar-refractivity contribution in [1.29, 1.82) is 0 Å². The first-order valence-electron chi connectivity index (χ1n) is 9.57. The highest BCUT2D eigenvalue weighted by atomic mass is 16.2. The zero-order chi connectivity index (χ0) is 18.4. The van der Waals surface area contributed by atoms with E-state index in [4.69, 9.17) is 0 Å². The van der Waals surface area contributed by atoms with Crippen LogP contribution in [-0.2, 0) is 12.8 Å². The van der Waals surface area contributed by atoms with Crippen LogP contribution >= 0.6 is 0 Å². The summed E-state index contributed by atoms with van der Waals surface area (Å²) >= 11 is 0. The quantitative estimate of drug-likeness (QED) is 0.757. The summed E-state index contributed by atoms with van der Waals surface area (Å²) in [5.41, 5.74) is 6.42. The Balaban J connectivity index is 1.59. The zero-order valence-corrected chi connectivity index (χ0v) is 15.7. The maximum atomic E-state index is 12.2. The molecule has 0 aliphatic heterocycles. The summed E-state index contributed by atoms with van der Waals surface area (Å²) in [7, 11) is 0. The number of carbonyl (C=O) groups is 1. The number of rotatable bonds is 5. The van der Waals surface area contributed by atoms with Crippen LogP contribution in [-0.4, -0.2) is 6.03 Å². The standard InChI is InChI=1S/C23H28N2O/c1-3-22(21-13-12-19-6-4-5-7-20(19)16-21)25-23(26)24-15-14-18-10-8-17(2)9-11-18/h8-16,22H,3-7H2,1-2H3,(H2,24,25,26)/b15-14+. The molecule has 0 fully saturated rings. The molecule has 0 saturated carbocycles. The van der Waals surface area contributed by atoms with Crippen molar-refractivity contribution < 1.29 is 4.79 Å². The Morgan fingerprint density at radius 1 is 1.08 bits per heavy atom. The largest absolute Gasteiger partial charge is 0.331 e. The van der Waals surface area contributed by atoms with E-state index in [0.29, 0.717) is 0 Å². The first-order chi connectivity index (χ1) is 12.7. The maximum absolute atomic E-state index is 12.2. The number of nitrogens with one attached hydrogen (secondary N) is 2. The van der Waals surface area contributed by atoms with E-state index in [2.05, 4.69) is 54.8 Å². The van der Waals surface area contributed by atoms with Crippen LogP contribution < -0.4 is 10.6 Å². The third-order valence-corrected chi connectivity index (χ3v) is 5.06. The highest BCUT2D eigenvalue weighted by Gasteiger charge is 2.15. The fourth-order valence-electron chi connectivity index (χ4n) is 3.48. The number of urea groups is 1. The van der Waals surface area contributed by atoms with Crippen LogP contribution in [0.1, 0.15) is 60.0 Å². The molecule has 0 heterocycles. The maximum Gasteiger partial charge on any atom is 0.319 e. The van der Waals surface area contributed by atoms with Gasteiger partial charge in [-0.25, -0.2) is 4.79 Å². The molecule has 3 heteroatoms. The van der Waals surface area contributed by atoms with Crippen molar-refractivity contribution >= 4 is 12.1 Å². The number of hydrogen-bond donors (Lipinski definition) is 2. The van der Waals surface area contributed by atoms with Crippen molar-refractivity contribution in [3.63, 3.8) is 0 Å². The molecule has 0 saturated heterocycles. The van der Waals surface area contributed by atoms with E-state index in [1.54, 1.807) is 6.20 Å². The lowest BCUT2D eigenvalue weighted by Crippen LogP contribution is -2.35. The number of fused-ring (bicyclic) bond motifs is 1. The number of aryl methyl sites for hydroxylation is 3. The van der Waals surface area contributed by atoms with Crippen molar-refractivity contribution in [2.45, 2.75) is 52.0 Å². The molecule has 0 bridgehead atoms. The molecule has 2 amide bonds. The minimum Gasteiger partial charge on any atom is -0.331 e. The van der Waals surface area contributed by atoms with Crippen LogP contribution in [0, 0.1) is 6.92 Å². The Hall–Kier alpha value is -2.55. The summed E-state index contributed by atoms with van der Waals surface area (Å²) in [6.07, 6.45) is 9.37. The van der Waals surface area contributed by atoms with Gasteiger partial charge in [0, 0.05) is 6.20 Å². The number of benzene rings is 2. The fourth-order valence-corrected chi connectivity index (χ4v) is 3.48. The molecule has 3 nitrogen and oxygen atoms in total. The van der Waals surface area contributed by atoms with Gasteiger partial charge < -0.3 is 10.6 Å². The molecule has 26 heavy (non-hydrogen) atoms. The lowest BCUT2D eigenvalue weighted by molar-refractivity contribution is 0.240. The van der Waals surface area contributed by atoms with E-state index in [0.717, 1.165) is 18.4 Å². The van der Waals surface area contributed by atoms with Gasteiger partial charge in [0.05, 0.1) is 6.04 Å². The average Bonchev–Trinajstić information content (AvgIpc) is 2.67. The second-order valence-electron chi connectivity index (χ2n) is 7.06. The minimum atomic E-state index is -0.169. The summed E-state index contributed by atoms with van der Waals surface area (Å²) in [6, 6.07) is 14.7. The molecule has 2 aromatic rings. The van der Waals surface area contributed by atoms with Gasteiger partial charge in [0.25, 0.3) is 0 Å². The van der Waals surface area contributed by atoms with E-state index in [-0.39, 0.29) is 12.1 Å². The van der Waals surface area contributed by atoms with Crippen LogP contribution in [0.15, 0.2) is 48.7 Å². The van der Waals surface area contributed by atoms with Gasteiger partial charge in [0.1, 0.15) is 0 Å². The van der Waals surface area contributed by atoms with Crippen LogP contribution in [0.4, 0.5) is 4.79 Å². The first kappa shape index (κ1) is 18.2. The molecule has 0 aromatic heterocycles. The third-order valence-electron chi connectivity index (χ3n) is 5.06. The predicted molar refractivity (Wildman–Crippen MR) is 108 cm³/mol. The Morgan fingerprint density at radius 2 is 1.81 bits per heavy atom. The molecule has 2 N–H and O–H groups in total. The van der Waals surface area contributed by atoms with Gasteiger partial charge in [-0.1, -0.05) is 55.0 Å². The van der Waals surface area contributed by atoms with Crippen LogP contribution in [0.2, 0.25) is 0 Å². The summed E-state index contributed by atoms with van der Waals surface area (Å²) in [5.74, 6) is 0. The van der Waals surface area contributed by atoms with Gasteiger partial charge in [-0.3, -0.25) is 0 Å². The molecule has 1 aliphatic rings. The van der Waals surface area contributed by atoms with Crippen molar-refractivity contribution in [2.75, 3.05) is 0 Å². The molecule has 1 aliphatic carbocycles. The van der Waals surface area contributed by atoms with Crippen LogP contribution in [0.25, 0.3) is 6.08 Å². The fraction of sp³-hybridized carbons (Fsp3) is 0.348. The Morgan fingerprint density at radius 3 is 2.54 bits per heavy atom. The van der Waals surface area contributed by atoms with Crippen LogP contribution in [0.3, 0.4) is 0 Å². The van der Waals surface area contributed by atoms with Gasteiger partial charge in [-0.2, -0.15) is 0 Å². The SMILES string of the molecule is CCC(NC(=O)N/C=C/c1ccc(C)cc1)c1ccc2c(c1)CCCC2. The van der Waals surface area contributed by atoms with Crippen molar-refractivity contribution in [1.82, 2.24) is 10.6 Å². The predicted octanol–water partition coefficient (Wildman–Crippen LogP) is 5.30. The molecule has 2 aromatic carbocycles. The van der Waals surface area contributed by atoms with Crippen molar-refractivity contribution in [3.05, 3.63) is 76.5 Å².